The maximum Gasteiger partial charge on any atom is 0.224 e. The summed E-state index contributed by atoms with van der Waals surface area (Å²) in [5, 5.41) is 0. The van der Waals surface area contributed by atoms with Crippen molar-refractivity contribution in [2.75, 3.05) is 23.7 Å². The van der Waals surface area contributed by atoms with Crippen LogP contribution in [0.25, 0.3) is 0 Å². The van der Waals surface area contributed by atoms with Crippen LogP contribution in [0, 0.1) is 0 Å². The normalized spacial score (nSPS) is 14.8. The Bertz CT molecular complexity index is 231. The number of rotatable bonds is 6. The van der Waals surface area contributed by atoms with Gasteiger partial charge in [-0.2, -0.15) is 11.8 Å². The van der Waals surface area contributed by atoms with Crippen molar-refractivity contribution in [3.63, 3.8) is 0 Å². The zero-order valence-electron chi connectivity index (χ0n) is 8.16. The largest absolute Gasteiger partial charge is 0.224 e. The Balaban J connectivity index is 4.17. The maximum absolute atomic E-state index is 11.4. The topological polar surface area (TPSA) is 37.4 Å². The maximum atomic E-state index is 11.4. The van der Waals surface area contributed by atoms with Gasteiger partial charge in [-0.25, -0.2) is 12.7 Å². The molecule has 0 spiro atoms. The van der Waals surface area contributed by atoms with Crippen molar-refractivity contribution < 1.29 is 8.42 Å². The third-order valence-electron chi connectivity index (χ3n) is 1.94. The van der Waals surface area contributed by atoms with Gasteiger partial charge in [0.05, 0.1) is 0 Å². The van der Waals surface area contributed by atoms with Crippen molar-refractivity contribution in [3.8, 4) is 0 Å². The summed E-state index contributed by atoms with van der Waals surface area (Å²) in [6.45, 7) is 1.93. The lowest BCUT2D eigenvalue weighted by Gasteiger charge is -2.22. The van der Waals surface area contributed by atoms with Gasteiger partial charge >= 0.3 is 0 Å². The molecule has 80 valence electrons. The summed E-state index contributed by atoms with van der Waals surface area (Å²) in [6, 6.07) is 0.0787. The van der Waals surface area contributed by atoms with Gasteiger partial charge in [-0.3, -0.25) is 0 Å². The second-order valence-corrected chi connectivity index (χ2v) is 7.18. The average Bonchev–Trinajstić information content (AvgIpc) is 2.12. The van der Waals surface area contributed by atoms with Gasteiger partial charge in [-0.1, -0.05) is 15.9 Å². The van der Waals surface area contributed by atoms with Crippen LogP contribution in [0.3, 0.4) is 0 Å². The molecule has 0 saturated heterocycles. The lowest BCUT2D eigenvalue weighted by Crippen LogP contribution is -2.35. The second-order valence-electron chi connectivity index (χ2n) is 2.87. The monoisotopic (exact) mass is 289 g/mol. The van der Waals surface area contributed by atoms with Crippen LogP contribution in [-0.4, -0.2) is 42.5 Å². The molecule has 3 nitrogen and oxygen atoms in total. The molecule has 0 aliphatic rings. The molecule has 0 aromatic heterocycles. The number of hydrogen-bond acceptors (Lipinski definition) is 3. The highest BCUT2D eigenvalue weighted by Crippen LogP contribution is 2.11. The smallest absolute Gasteiger partial charge is 0.211 e. The first-order valence-electron chi connectivity index (χ1n) is 3.96. The van der Waals surface area contributed by atoms with E-state index in [0.717, 1.165) is 12.2 Å². The van der Waals surface area contributed by atoms with E-state index in [2.05, 4.69) is 15.9 Å². The Morgan fingerprint density at radius 2 is 2.08 bits per heavy atom. The van der Waals surface area contributed by atoms with Crippen LogP contribution >= 0.6 is 27.7 Å². The molecule has 6 heteroatoms. The van der Waals surface area contributed by atoms with E-state index in [1.165, 1.54) is 4.31 Å². The zero-order valence-corrected chi connectivity index (χ0v) is 11.4. The van der Waals surface area contributed by atoms with Crippen LogP contribution in [-0.2, 0) is 10.0 Å². The van der Waals surface area contributed by atoms with Gasteiger partial charge in [0.1, 0.15) is 4.66 Å². The Hall–Kier alpha value is 0.740. The summed E-state index contributed by atoms with van der Waals surface area (Å²) in [5.41, 5.74) is 0. The first-order valence-corrected chi connectivity index (χ1v) is 8.08. The van der Waals surface area contributed by atoms with Gasteiger partial charge in [0.25, 0.3) is 0 Å². The number of thioether (sulfide) groups is 1. The number of halogens is 1. The summed E-state index contributed by atoms with van der Waals surface area (Å²) in [4.78, 5) is 0. The number of alkyl halides is 1. The first-order chi connectivity index (χ1) is 5.95. The summed E-state index contributed by atoms with van der Waals surface area (Å²) < 4.78 is 24.2. The minimum Gasteiger partial charge on any atom is -0.211 e. The molecule has 1 unspecified atom stereocenters. The quantitative estimate of drug-likeness (QED) is 0.699. The van der Waals surface area contributed by atoms with Crippen molar-refractivity contribution in [2.45, 2.75) is 19.4 Å². The highest BCUT2D eigenvalue weighted by Gasteiger charge is 2.21. The van der Waals surface area contributed by atoms with Crippen LogP contribution in [0.15, 0.2) is 0 Å². The van der Waals surface area contributed by atoms with Gasteiger partial charge < -0.3 is 0 Å². The summed E-state index contributed by atoms with van der Waals surface area (Å²) in [7, 11) is -1.46. The average molecular weight is 290 g/mol. The van der Waals surface area contributed by atoms with E-state index in [0.29, 0.717) is 0 Å². The van der Waals surface area contributed by atoms with Gasteiger partial charge in [0.2, 0.25) is 10.0 Å². The van der Waals surface area contributed by atoms with E-state index in [1.54, 1.807) is 18.8 Å². The third kappa shape index (κ3) is 4.67. The van der Waals surface area contributed by atoms with Crippen LogP contribution < -0.4 is 0 Å². The Morgan fingerprint density at radius 3 is 2.46 bits per heavy atom. The van der Waals surface area contributed by atoms with Gasteiger partial charge in [-0.15, -0.1) is 0 Å². The minimum absolute atomic E-state index is 0.000107. The molecule has 0 N–H and O–H groups in total. The van der Waals surface area contributed by atoms with Crippen molar-refractivity contribution in [3.05, 3.63) is 0 Å². The molecule has 1 atom stereocenters. The minimum atomic E-state index is -3.09. The van der Waals surface area contributed by atoms with Crippen molar-refractivity contribution >= 4 is 37.7 Å². The van der Waals surface area contributed by atoms with Crippen molar-refractivity contribution in [1.29, 1.82) is 0 Å². The van der Waals surface area contributed by atoms with Gasteiger partial charge in [-0.05, 0) is 25.4 Å². The SMILES string of the molecule is CSCCC(C)N(C)S(=O)(=O)CBr. The zero-order chi connectivity index (χ0) is 10.5. The van der Waals surface area contributed by atoms with Crippen molar-refractivity contribution in [1.82, 2.24) is 4.31 Å². The lowest BCUT2D eigenvalue weighted by molar-refractivity contribution is 0.385. The molecule has 0 aromatic rings. The standard InChI is InChI=1S/C7H16BrNO2S2/c1-7(4-5-12-3)9(2)13(10,11)6-8/h7H,4-6H2,1-3H3. The molecule has 0 fully saturated rings. The fourth-order valence-corrected chi connectivity index (χ4v) is 3.17. The molecular weight excluding hydrogens is 274 g/mol. The van der Waals surface area contributed by atoms with Crippen LogP contribution in [0.5, 0.6) is 0 Å². The molecule has 0 amide bonds. The molecule has 0 aliphatic heterocycles. The second kappa shape index (κ2) is 6.27. The predicted octanol–water partition coefficient (Wildman–Crippen LogP) is 1.74. The van der Waals surface area contributed by atoms with Crippen LogP contribution in [0.2, 0.25) is 0 Å². The molecule has 0 bridgehead atoms. The Morgan fingerprint density at radius 1 is 1.54 bits per heavy atom. The molecule has 13 heavy (non-hydrogen) atoms. The number of nitrogens with zero attached hydrogens (tertiary/aromatic N) is 1. The first kappa shape index (κ1) is 13.7. The predicted molar refractivity (Wildman–Crippen MR) is 62.9 cm³/mol. The molecule has 0 heterocycles. The van der Waals surface area contributed by atoms with E-state index in [9.17, 15) is 8.42 Å². The van der Waals surface area contributed by atoms with E-state index in [-0.39, 0.29) is 10.7 Å². The number of sulfonamides is 1. The number of hydrogen-bond donors (Lipinski definition) is 0. The third-order valence-corrected chi connectivity index (χ3v) is 5.83. The fourth-order valence-electron chi connectivity index (χ4n) is 0.821. The highest BCUT2D eigenvalue weighted by atomic mass is 79.9. The van der Waals surface area contributed by atoms with Crippen molar-refractivity contribution in [2.24, 2.45) is 0 Å². The fraction of sp³-hybridized carbons (Fsp3) is 1.00. The molecule has 0 aliphatic carbocycles. The molecule has 0 radical (unpaired) electrons. The van der Waals surface area contributed by atoms with Crippen LogP contribution in [0.4, 0.5) is 0 Å². The van der Waals surface area contributed by atoms with E-state index in [1.807, 2.05) is 13.2 Å². The van der Waals surface area contributed by atoms with E-state index < -0.39 is 10.0 Å². The molecular formula is C7H16BrNO2S2. The van der Waals surface area contributed by atoms with Crippen LogP contribution in [0.1, 0.15) is 13.3 Å². The van der Waals surface area contributed by atoms with Gasteiger partial charge in [0.15, 0.2) is 0 Å². The summed E-state index contributed by atoms with van der Waals surface area (Å²) in [5.74, 6) is 0.989. The highest BCUT2D eigenvalue weighted by molar-refractivity contribution is 9.10. The molecule has 0 aromatic carbocycles. The lowest BCUT2D eigenvalue weighted by atomic mass is 10.3. The summed E-state index contributed by atoms with van der Waals surface area (Å²) in [6.07, 6.45) is 2.91. The van der Waals surface area contributed by atoms with E-state index >= 15 is 0 Å². The molecule has 0 saturated carbocycles. The Kier molecular flexibility index (Phi) is 6.62. The van der Waals surface area contributed by atoms with Gasteiger partial charge in [0, 0.05) is 13.1 Å². The Labute approximate surface area is 93.4 Å². The molecule has 0 rings (SSSR count). The van der Waals surface area contributed by atoms with E-state index in [4.69, 9.17) is 0 Å². The summed E-state index contributed by atoms with van der Waals surface area (Å²) >= 11 is 4.71.